The van der Waals surface area contributed by atoms with Crippen molar-refractivity contribution in [2.24, 2.45) is 0 Å². The van der Waals surface area contributed by atoms with E-state index in [4.69, 9.17) is 11.8 Å². The molecule has 0 spiro atoms. The van der Waals surface area contributed by atoms with Crippen LogP contribution in [0, 0.1) is 17.9 Å². The third kappa shape index (κ3) is 4.11. The Morgan fingerprint density at radius 1 is 1.53 bits per heavy atom. The number of aldehydes is 1. The van der Waals surface area contributed by atoms with Gasteiger partial charge in [-0.3, -0.25) is 9.64 Å². The quantitative estimate of drug-likeness (QED) is 0.609. The van der Waals surface area contributed by atoms with Gasteiger partial charge in [-0.1, -0.05) is 5.16 Å². The molecule has 0 aliphatic heterocycles. The lowest BCUT2D eigenvalue weighted by atomic mass is 9.90. The molecule has 1 aromatic rings. The van der Waals surface area contributed by atoms with Gasteiger partial charge in [0.2, 0.25) is 0 Å². The van der Waals surface area contributed by atoms with E-state index in [0.717, 1.165) is 0 Å². The Balaban J connectivity index is 2.85. The number of halogens is 3. The lowest BCUT2D eigenvalue weighted by Crippen LogP contribution is -2.28. The van der Waals surface area contributed by atoms with Gasteiger partial charge in [0, 0.05) is 12.5 Å². The van der Waals surface area contributed by atoms with Crippen LogP contribution in [0.25, 0.3) is 4.85 Å². The summed E-state index contributed by atoms with van der Waals surface area (Å²) in [4.78, 5) is 13.4. The van der Waals surface area contributed by atoms with Crippen LogP contribution in [-0.4, -0.2) is 23.2 Å². The molecule has 0 saturated carbocycles. The topological polar surface area (TPSA) is 71.2 Å². The molecule has 0 saturated heterocycles. The molecule has 0 aliphatic rings. The monoisotopic (exact) mass is 271 g/mol. The van der Waals surface area contributed by atoms with Crippen molar-refractivity contribution in [1.82, 2.24) is 5.16 Å². The summed E-state index contributed by atoms with van der Waals surface area (Å²) in [6.45, 7) is 6.92. The maximum absolute atomic E-state index is 12.2. The second-order valence-corrected chi connectivity index (χ2v) is 3.89. The van der Waals surface area contributed by atoms with Gasteiger partial charge in [-0.2, -0.15) is 18.4 Å². The molecule has 1 rings (SSSR count). The molecule has 0 amide bonds. The number of nitrogens with zero attached hydrogens (tertiary/aromatic N) is 3. The first-order valence-electron chi connectivity index (χ1n) is 5.11. The molecule has 0 fully saturated rings. The molecule has 0 N–H and O–H groups in total. The molecule has 1 unspecified atom stereocenters. The first-order valence-corrected chi connectivity index (χ1v) is 5.11. The Labute approximate surface area is 106 Å². The molecule has 100 valence electrons. The van der Waals surface area contributed by atoms with Crippen LogP contribution in [-0.2, 0) is 6.42 Å². The smallest absolute Gasteiger partial charge is 0.353 e. The average Bonchev–Trinajstić information content (AvgIpc) is 2.81. The summed E-state index contributed by atoms with van der Waals surface area (Å²) in [5.74, 6) is -0.109. The standard InChI is InChI=1S/C11H8F3N3O2/c1-16-10(7-15,2-3-11(12,13)14)5-8-4-9(6-18)19-17-8/h4,6H,2-3,5H2. The summed E-state index contributed by atoms with van der Waals surface area (Å²) >= 11 is 0. The minimum absolute atomic E-state index is 0.0989. The Morgan fingerprint density at radius 2 is 2.21 bits per heavy atom. The Bertz CT molecular complexity index is 523. The molecule has 0 aliphatic carbocycles. The highest BCUT2D eigenvalue weighted by Gasteiger charge is 2.42. The lowest BCUT2D eigenvalue weighted by molar-refractivity contribution is -0.136. The largest absolute Gasteiger partial charge is 0.389 e. The van der Waals surface area contributed by atoms with Crippen molar-refractivity contribution in [1.29, 1.82) is 5.26 Å². The second kappa shape index (κ2) is 5.53. The molecule has 0 bridgehead atoms. The van der Waals surface area contributed by atoms with Crippen LogP contribution < -0.4 is 0 Å². The van der Waals surface area contributed by atoms with E-state index in [2.05, 4.69) is 14.5 Å². The van der Waals surface area contributed by atoms with Gasteiger partial charge >= 0.3 is 11.7 Å². The summed E-state index contributed by atoms with van der Waals surface area (Å²) in [6, 6.07) is 2.78. The fourth-order valence-corrected chi connectivity index (χ4v) is 1.42. The summed E-state index contributed by atoms with van der Waals surface area (Å²) in [5.41, 5.74) is -1.76. The van der Waals surface area contributed by atoms with Crippen molar-refractivity contribution >= 4 is 6.29 Å². The predicted octanol–water partition coefficient (Wildman–Crippen LogP) is 2.55. The van der Waals surface area contributed by atoms with Crippen molar-refractivity contribution in [3.63, 3.8) is 0 Å². The molecule has 1 atom stereocenters. The van der Waals surface area contributed by atoms with E-state index in [-0.39, 0.29) is 17.9 Å². The molecule has 1 heterocycles. The van der Waals surface area contributed by atoms with E-state index >= 15 is 0 Å². The third-order valence-corrected chi connectivity index (χ3v) is 2.41. The van der Waals surface area contributed by atoms with E-state index < -0.39 is 24.6 Å². The van der Waals surface area contributed by atoms with Gasteiger partial charge in [0.05, 0.1) is 18.5 Å². The number of hydrogen-bond acceptors (Lipinski definition) is 4. The van der Waals surface area contributed by atoms with Crippen LogP contribution in [0.2, 0.25) is 0 Å². The summed E-state index contributed by atoms with van der Waals surface area (Å²) in [6.07, 6.45) is -6.27. The molecule has 19 heavy (non-hydrogen) atoms. The highest BCUT2D eigenvalue weighted by Crippen LogP contribution is 2.30. The number of carbonyl (C=O) groups excluding carboxylic acids is 1. The van der Waals surface area contributed by atoms with E-state index in [9.17, 15) is 18.0 Å². The molecular weight excluding hydrogens is 263 g/mol. The second-order valence-electron chi connectivity index (χ2n) is 3.89. The number of alkyl halides is 3. The summed E-state index contributed by atoms with van der Waals surface area (Å²) in [7, 11) is 0. The first kappa shape index (κ1) is 14.7. The number of aromatic nitrogens is 1. The summed E-state index contributed by atoms with van der Waals surface area (Å²) < 4.78 is 41.0. The van der Waals surface area contributed by atoms with E-state index in [1.165, 1.54) is 6.07 Å². The van der Waals surface area contributed by atoms with Gasteiger partial charge in [0.1, 0.15) is 0 Å². The molecule has 8 heteroatoms. The number of hydrogen-bond donors (Lipinski definition) is 0. The van der Waals surface area contributed by atoms with E-state index in [0.29, 0.717) is 6.29 Å². The molecule has 0 radical (unpaired) electrons. The van der Waals surface area contributed by atoms with Gasteiger partial charge in [-0.05, 0) is 0 Å². The van der Waals surface area contributed by atoms with Crippen molar-refractivity contribution < 1.29 is 22.5 Å². The van der Waals surface area contributed by atoms with Gasteiger partial charge < -0.3 is 4.52 Å². The van der Waals surface area contributed by atoms with Crippen LogP contribution in [0.3, 0.4) is 0 Å². The zero-order chi connectivity index (χ0) is 14.5. The van der Waals surface area contributed by atoms with E-state index in [1.807, 2.05) is 0 Å². The van der Waals surface area contributed by atoms with Crippen LogP contribution in [0.5, 0.6) is 0 Å². The third-order valence-electron chi connectivity index (χ3n) is 2.41. The number of rotatable bonds is 5. The van der Waals surface area contributed by atoms with Gasteiger partial charge in [-0.25, -0.2) is 6.57 Å². The Morgan fingerprint density at radius 3 is 2.63 bits per heavy atom. The fourth-order valence-electron chi connectivity index (χ4n) is 1.42. The van der Waals surface area contributed by atoms with E-state index in [1.54, 1.807) is 6.07 Å². The van der Waals surface area contributed by atoms with Gasteiger partial charge in [-0.15, -0.1) is 0 Å². The minimum Gasteiger partial charge on any atom is -0.353 e. The SMILES string of the molecule is [C-]#[N+]C(C#N)(CCC(F)(F)F)Cc1cc(C=O)on1. The average molecular weight is 271 g/mol. The van der Waals surface area contributed by atoms with Crippen LogP contribution in [0.15, 0.2) is 10.6 Å². The maximum Gasteiger partial charge on any atom is 0.389 e. The van der Waals surface area contributed by atoms with Crippen molar-refractivity contribution in [3.8, 4) is 6.07 Å². The van der Waals surface area contributed by atoms with Gasteiger partial charge in [0.15, 0.2) is 18.1 Å². The molecule has 0 aromatic carbocycles. The Kier molecular flexibility index (Phi) is 4.28. The zero-order valence-corrected chi connectivity index (χ0v) is 9.57. The summed E-state index contributed by atoms with van der Waals surface area (Å²) in [5, 5.41) is 12.4. The zero-order valence-electron chi connectivity index (χ0n) is 9.57. The van der Waals surface area contributed by atoms with Crippen LogP contribution in [0.1, 0.15) is 29.1 Å². The maximum atomic E-state index is 12.2. The normalized spacial score (nSPS) is 14.2. The minimum atomic E-state index is -4.44. The molecule has 5 nitrogen and oxygen atoms in total. The highest BCUT2D eigenvalue weighted by molar-refractivity contribution is 5.70. The Hall–Kier alpha value is -2.35. The van der Waals surface area contributed by atoms with Crippen LogP contribution >= 0.6 is 0 Å². The van der Waals surface area contributed by atoms with Gasteiger partial charge in [0.25, 0.3) is 0 Å². The van der Waals surface area contributed by atoms with Crippen molar-refractivity contribution in [3.05, 3.63) is 28.9 Å². The fraction of sp³-hybridized carbons (Fsp3) is 0.455. The predicted molar refractivity (Wildman–Crippen MR) is 55.8 cm³/mol. The number of nitriles is 1. The van der Waals surface area contributed by atoms with Crippen molar-refractivity contribution in [2.75, 3.05) is 0 Å². The highest BCUT2D eigenvalue weighted by atomic mass is 19.4. The molecule has 1 aromatic heterocycles. The van der Waals surface area contributed by atoms with Crippen LogP contribution in [0.4, 0.5) is 13.2 Å². The number of carbonyl (C=O) groups is 1. The first-order chi connectivity index (χ1) is 8.84. The lowest BCUT2D eigenvalue weighted by Gasteiger charge is -2.13. The van der Waals surface area contributed by atoms with Crippen molar-refractivity contribution in [2.45, 2.75) is 31.0 Å². The molecular formula is C11H8F3N3O2.